The summed E-state index contributed by atoms with van der Waals surface area (Å²) in [6.45, 7) is 2.30. The Morgan fingerprint density at radius 2 is 1.77 bits per heavy atom. The highest BCUT2D eigenvalue weighted by atomic mass is 32.2. The second-order valence-electron chi connectivity index (χ2n) is 9.09. The maximum atomic E-state index is 13.5. The van der Waals surface area contributed by atoms with Crippen molar-refractivity contribution in [2.75, 3.05) is 30.8 Å². The zero-order valence-corrected chi connectivity index (χ0v) is 22.6. The molecule has 0 bridgehead atoms. The topological polar surface area (TPSA) is 116 Å². The van der Waals surface area contributed by atoms with E-state index in [-0.39, 0.29) is 16.9 Å². The van der Waals surface area contributed by atoms with Crippen LogP contribution in [0.25, 0.3) is 0 Å². The van der Waals surface area contributed by atoms with Crippen molar-refractivity contribution in [3.05, 3.63) is 77.4 Å². The summed E-state index contributed by atoms with van der Waals surface area (Å²) >= 11 is 1.33. The monoisotopic (exact) mass is 572 g/mol. The first-order valence-electron chi connectivity index (χ1n) is 12.2. The van der Waals surface area contributed by atoms with E-state index in [0.717, 1.165) is 50.3 Å². The summed E-state index contributed by atoms with van der Waals surface area (Å²) in [5.74, 6) is -1.29. The number of rotatable bonds is 9. The Labute approximate surface area is 228 Å². The SMILES string of the molecule is CN(C1CCN(Cc2csnn2)CC1)S(=O)(=O)c1ccc(Nc2nccc(Nc3ccc(F)c(F)c3)n2)cc1. The Kier molecular flexibility index (Phi) is 8.07. The van der Waals surface area contributed by atoms with Crippen LogP contribution in [-0.4, -0.2) is 63.4 Å². The highest BCUT2D eigenvalue weighted by Crippen LogP contribution is 2.25. The molecule has 1 saturated heterocycles. The largest absolute Gasteiger partial charge is 0.340 e. The molecule has 2 aromatic heterocycles. The Morgan fingerprint density at radius 3 is 2.46 bits per heavy atom. The number of hydrogen-bond donors (Lipinski definition) is 2. The second-order valence-corrected chi connectivity index (χ2v) is 11.7. The Balaban J connectivity index is 1.19. The quantitative estimate of drug-likeness (QED) is 0.301. The van der Waals surface area contributed by atoms with Gasteiger partial charge in [-0.3, -0.25) is 4.90 Å². The predicted octanol–water partition coefficient (Wildman–Crippen LogP) is 4.38. The van der Waals surface area contributed by atoms with Gasteiger partial charge in [-0.05, 0) is 66.8 Å². The zero-order valence-electron chi connectivity index (χ0n) is 21.0. The first-order chi connectivity index (χ1) is 18.8. The number of hydrogen-bond acceptors (Lipinski definition) is 10. The van der Waals surface area contributed by atoms with E-state index < -0.39 is 21.7 Å². The molecule has 2 aromatic carbocycles. The Bertz CT molecular complexity index is 1510. The average molecular weight is 573 g/mol. The highest BCUT2D eigenvalue weighted by molar-refractivity contribution is 7.89. The van der Waals surface area contributed by atoms with Gasteiger partial charge in [0.15, 0.2) is 11.6 Å². The van der Waals surface area contributed by atoms with Crippen LogP contribution < -0.4 is 10.6 Å². The van der Waals surface area contributed by atoms with Gasteiger partial charge in [0.05, 0.1) is 10.6 Å². The lowest BCUT2D eigenvalue weighted by Gasteiger charge is -2.35. The molecule has 0 spiro atoms. The molecule has 0 radical (unpaired) electrons. The number of anilines is 4. The van der Waals surface area contributed by atoms with Gasteiger partial charge in [0.25, 0.3) is 0 Å². The van der Waals surface area contributed by atoms with Crippen molar-refractivity contribution in [3.63, 3.8) is 0 Å². The van der Waals surface area contributed by atoms with Crippen molar-refractivity contribution >= 4 is 44.7 Å². The molecule has 1 fully saturated rings. The number of nitrogens with one attached hydrogen (secondary N) is 2. The highest BCUT2D eigenvalue weighted by Gasteiger charge is 2.31. The molecule has 0 atom stereocenters. The molecule has 1 aliphatic heterocycles. The van der Waals surface area contributed by atoms with Crippen molar-refractivity contribution in [3.8, 4) is 0 Å². The molecular formula is C25H26F2N8O2S2. The van der Waals surface area contributed by atoms with Crippen LogP contribution in [0.4, 0.5) is 31.9 Å². The van der Waals surface area contributed by atoms with Crippen LogP contribution in [-0.2, 0) is 16.6 Å². The first-order valence-corrected chi connectivity index (χ1v) is 14.4. The number of nitrogens with zero attached hydrogens (tertiary/aromatic N) is 6. The summed E-state index contributed by atoms with van der Waals surface area (Å²) in [5, 5.41) is 11.9. The number of benzene rings is 2. The lowest BCUT2D eigenvalue weighted by atomic mass is 10.1. The number of piperidine rings is 1. The van der Waals surface area contributed by atoms with Crippen LogP contribution in [0.3, 0.4) is 0 Å². The summed E-state index contributed by atoms with van der Waals surface area (Å²) in [7, 11) is -2.05. The molecule has 10 nitrogen and oxygen atoms in total. The van der Waals surface area contributed by atoms with Gasteiger partial charge in [-0.25, -0.2) is 22.2 Å². The fourth-order valence-corrected chi connectivity index (χ4v) is 6.19. The van der Waals surface area contributed by atoms with E-state index in [0.29, 0.717) is 17.2 Å². The molecule has 5 rings (SSSR count). The van der Waals surface area contributed by atoms with Gasteiger partial charge in [0, 0.05) is 61.7 Å². The number of likely N-dealkylation sites (tertiary alicyclic amines) is 1. The predicted molar refractivity (Wildman–Crippen MR) is 145 cm³/mol. The number of halogens is 2. The maximum Gasteiger partial charge on any atom is 0.243 e. The van der Waals surface area contributed by atoms with E-state index in [1.54, 1.807) is 37.4 Å². The minimum atomic E-state index is -3.68. The van der Waals surface area contributed by atoms with Gasteiger partial charge in [-0.2, -0.15) is 9.29 Å². The maximum absolute atomic E-state index is 13.5. The summed E-state index contributed by atoms with van der Waals surface area (Å²) in [6.07, 6.45) is 2.98. The zero-order chi connectivity index (χ0) is 27.4. The smallest absolute Gasteiger partial charge is 0.243 e. The van der Waals surface area contributed by atoms with Gasteiger partial charge in [0.2, 0.25) is 16.0 Å². The molecule has 2 N–H and O–H groups in total. The van der Waals surface area contributed by atoms with Crippen molar-refractivity contribution in [1.82, 2.24) is 28.8 Å². The molecule has 0 amide bonds. The van der Waals surface area contributed by atoms with Crippen molar-refractivity contribution in [1.29, 1.82) is 0 Å². The van der Waals surface area contributed by atoms with E-state index in [1.807, 2.05) is 5.38 Å². The van der Waals surface area contributed by atoms with Gasteiger partial charge in [-0.1, -0.05) is 4.49 Å². The molecule has 0 saturated carbocycles. The lowest BCUT2D eigenvalue weighted by Crippen LogP contribution is -2.45. The van der Waals surface area contributed by atoms with Crippen LogP contribution >= 0.6 is 11.5 Å². The molecule has 3 heterocycles. The minimum Gasteiger partial charge on any atom is -0.340 e. The summed E-state index contributed by atoms with van der Waals surface area (Å²) < 4.78 is 58.6. The number of sulfonamides is 1. The lowest BCUT2D eigenvalue weighted by molar-refractivity contribution is 0.162. The first kappa shape index (κ1) is 27.0. The summed E-state index contributed by atoms with van der Waals surface area (Å²) in [6, 6.07) is 11.3. The minimum absolute atomic E-state index is 0.0872. The normalized spacial score (nSPS) is 15.0. The third-order valence-corrected chi connectivity index (χ3v) is 8.97. The van der Waals surface area contributed by atoms with E-state index in [9.17, 15) is 17.2 Å². The number of aromatic nitrogens is 4. The molecule has 0 aliphatic carbocycles. The van der Waals surface area contributed by atoms with Crippen molar-refractivity contribution in [2.45, 2.75) is 30.3 Å². The van der Waals surface area contributed by atoms with Crippen molar-refractivity contribution < 1.29 is 17.2 Å². The molecule has 1 aliphatic rings. The Hall–Kier alpha value is -3.59. The third-order valence-electron chi connectivity index (χ3n) is 6.50. The third kappa shape index (κ3) is 6.53. The van der Waals surface area contributed by atoms with Gasteiger partial charge in [-0.15, -0.1) is 5.10 Å². The fraction of sp³-hybridized carbons (Fsp3) is 0.280. The van der Waals surface area contributed by atoms with Crippen LogP contribution in [0.2, 0.25) is 0 Å². The second kappa shape index (κ2) is 11.7. The molecular weight excluding hydrogens is 546 g/mol. The molecule has 0 unspecified atom stereocenters. The van der Waals surface area contributed by atoms with Gasteiger partial charge in [0.1, 0.15) is 5.82 Å². The molecule has 14 heteroatoms. The average Bonchev–Trinajstić information content (AvgIpc) is 3.44. The molecule has 4 aromatic rings. The summed E-state index contributed by atoms with van der Waals surface area (Å²) in [5.41, 5.74) is 1.86. The fourth-order valence-electron chi connectivity index (χ4n) is 4.34. The standard InChI is InChI=1S/C25H26F2N8O2S2/c1-34(20-9-12-35(13-10-20)15-19-16-38-33-32-19)39(36,37)21-5-2-17(3-6-21)30-25-28-11-8-24(31-25)29-18-4-7-22(26)23(27)14-18/h2-8,11,14,16,20H,9-10,12-13,15H2,1H3,(H2,28,29,30,31). The van der Waals surface area contributed by atoms with Crippen LogP contribution in [0, 0.1) is 11.6 Å². The molecule has 39 heavy (non-hydrogen) atoms. The molecule has 204 valence electrons. The van der Waals surface area contributed by atoms with Crippen LogP contribution in [0.1, 0.15) is 18.5 Å². The van der Waals surface area contributed by atoms with Crippen molar-refractivity contribution in [2.24, 2.45) is 0 Å². The van der Waals surface area contributed by atoms with Crippen LogP contribution in [0.5, 0.6) is 0 Å². The van der Waals surface area contributed by atoms with E-state index >= 15 is 0 Å². The van der Waals surface area contributed by atoms with Gasteiger partial charge < -0.3 is 10.6 Å². The van der Waals surface area contributed by atoms with Crippen LogP contribution in [0.15, 0.2) is 65.0 Å². The van der Waals surface area contributed by atoms with Gasteiger partial charge >= 0.3 is 0 Å². The summed E-state index contributed by atoms with van der Waals surface area (Å²) in [4.78, 5) is 10.9. The van der Waals surface area contributed by atoms with E-state index in [4.69, 9.17) is 0 Å². The van der Waals surface area contributed by atoms with E-state index in [2.05, 4.69) is 35.1 Å². The Morgan fingerprint density at radius 1 is 1.03 bits per heavy atom. The van der Waals surface area contributed by atoms with E-state index in [1.165, 1.54) is 28.1 Å².